The lowest BCUT2D eigenvalue weighted by atomic mass is 9.64. The molecule has 0 bridgehead atoms. The summed E-state index contributed by atoms with van der Waals surface area (Å²) in [5, 5.41) is 9.98. The Bertz CT molecular complexity index is 512. The number of rotatable bonds is 4. The number of hydrogen-bond acceptors (Lipinski definition) is 4. The number of benzene rings is 1. The smallest absolute Gasteiger partial charge is 0.526 e. The third-order valence-electron chi connectivity index (χ3n) is 3.48. The number of carbonyl (C=O) groups excluding carboxylic acids is 2. The highest BCUT2D eigenvalue weighted by Crippen LogP contribution is 2.36. The van der Waals surface area contributed by atoms with Crippen molar-refractivity contribution in [3.05, 3.63) is 29.3 Å². The molecule has 1 aromatic carbocycles. The van der Waals surface area contributed by atoms with Gasteiger partial charge in [-0.1, -0.05) is 19.1 Å². The van der Waals surface area contributed by atoms with Crippen LogP contribution in [0.4, 0.5) is 0 Å². The predicted octanol–water partition coefficient (Wildman–Crippen LogP) is 2.04. The Balaban J connectivity index is 2.26. The van der Waals surface area contributed by atoms with Crippen molar-refractivity contribution in [3.63, 3.8) is 0 Å². The molecule has 100 valence electrons. The molecule has 19 heavy (non-hydrogen) atoms. The largest absolute Gasteiger partial charge is 0.535 e. The number of ketones is 2. The maximum atomic E-state index is 11.5. The summed E-state index contributed by atoms with van der Waals surface area (Å²) in [6.07, 6.45) is 1.33. The molecule has 1 aromatic rings. The van der Waals surface area contributed by atoms with Crippen LogP contribution in [0.1, 0.15) is 42.6 Å². The summed E-state index contributed by atoms with van der Waals surface area (Å²) in [5.41, 5.74) is 1.36. The fraction of sp³-hybridized carbons (Fsp3) is 0.429. The lowest BCUT2D eigenvalue weighted by Gasteiger charge is -2.28. The predicted molar refractivity (Wildman–Crippen MR) is 72.4 cm³/mol. The van der Waals surface area contributed by atoms with Crippen molar-refractivity contribution in [2.75, 3.05) is 0 Å². The first-order valence-corrected chi connectivity index (χ1v) is 6.52. The van der Waals surface area contributed by atoms with Gasteiger partial charge in [0.1, 0.15) is 11.5 Å². The van der Waals surface area contributed by atoms with Crippen LogP contribution in [0.15, 0.2) is 18.2 Å². The lowest BCUT2D eigenvalue weighted by molar-refractivity contribution is -0.118. The van der Waals surface area contributed by atoms with E-state index in [0.717, 1.165) is 5.56 Å². The monoisotopic (exact) mass is 260 g/mol. The molecule has 5 heteroatoms. The van der Waals surface area contributed by atoms with Crippen LogP contribution in [-0.4, -0.2) is 23.7 Å². The maximum absolute atomic E-state index is 11.5. The van der Waals surface area contributed by atoms with E-state index in [-0.39, 0.29) is 17.4 Å². The van der Waals surface area contributed by atoms with Gasteiger partial charge in [0.05, 0.1) is 5.56 Å². The van der Waals surface area contributed by atoms with E-state index in [0.29, 0.717) is 30.6 Å². The first-order chi connectivity index (χ1) is 9.02. The number of para-hydroxylation sites is 1. The van der Waals surface area contributed by atoms with Gasteiger partial charge < -0.3 is 9.68 Å². The third kappa shape index (κ3) is 2.87. The summed E-state index contributed by atoms with van der Waals surface area (Å²) < 4.78 is 5.46. The average Bonchev–Trinajstić information content (AvgIpc) is 2.38. The first kappa shape index (κ1) is 13.8. The molecule has 1 aliphatic rings. The van der Waals surface area contributed by atoms with Crippen LogP contribution in [-0.2, 0) is 11.2 Å². The van der Waals surface area contributed by atoms with Gasteiger partial charge in [0.25, 0.3) is 0 Å². The van der Waals surface area contributed by atoms with Crippen molar-refractivity contribution in [3.8, 4) is 5.75 Å². The van der Waals surface area contributed by atoms with Crippen molar-refractivity contribution in [2.24, 2.45) is 0 Å². The van der Waals surface area contributed by atoms with Crippen LogP contribution in [0.2, 0.25) is 5.82 Å². The summed E-state index contributed by atoms with van der Waals surface area (Å²) in [6.45, 7) is 3.28. The standard InChI is InChI=1S/C14H17BO4/c1-3-12(17)8-11-7-10-5-4-6-13(9(2)16)14(10)19-15(11)18/h4-6,11,18H,3,7-8H2,1-2H3. The van der Waals surface area contributed by atoms with E-state index in [1.807, 2.05) is 6.07 Å². The minimum Gasteiger partial charge on any atom is -0.535 e. The van der Waals surface area contributed by atoms with Gasteiger partial charge in [0, 0.05) is 18.7 Å². The number of carbonyl (C=O) groups is 2. The average molecular weight is 260 g/mol. The third-order valence-corrected chi connectivity index (χ3v) is 3.48. The molecule has 0 spiro atoms. The minimum absolute atomic E-state index is 0.0906. The van der Waals surface area contributed by atoms with Gasteiger partial charge in [-0.05, 0) is 25.0 Å². The van der Waals surface area contributed by atoms with Gasteiger partial charge in [0.2, 0.25) is 0 Å². The molecule has 1 aliphatic heterocycles. The zero-order chi connectivity index (χ0) is 14.0. The normalized spacial score (nSPS) is 17.6. The van der Waals surface area contributed by atoms with E-state index in [1.54, 1.807) is 19.1 Å². The molecule has 0 aromatic heterocycles. The molecule has 1 heterocycles. The number of Topliss-reactive ketones (excluding diaryl/α,β-unsaturated/α-hetero) is 2. The zero-order valence-electron chi connectivity index (χ0n) is 11.2. The van der Waals surface area contributed by atoms with Crippen molar-refractivity contribution in [1.29, 1.82) is 0 Å². The molecule has 0 radical (unpaired) electrons. The Labute approximate surface area is 112 Å². The van der Waals surface area contributed by atoms with Gasteiger partial charge in [-0.3, -0.25) is 9.59 Å². The van der Waals surface area contributed by atoms with E-state index in [2.05, 4.69) is 0 Å². The van der Waals surface area contributed by atoms with E-state index in [1.165, 1.54) is 6.92 Å². The Morgan fingerprint density at radius 3 is 2.84 bits per heavy atom. The molecule has 2 rings (SSSR count). The molecule has 0 aliphatic carbocycles. The molecule has 1 atom stereocenters. The summed E-state index contributed by atoms with van der Waals surface area (Å²) in [6, 6.07) is 5.36. The Morgan fingerprint density at radius 2 is 2.21 bits per heavy atom. The van der Waals surface area contributed by atoms with Crippen LogP contribution in [0, 0.1) is 0 Å². The molecule has 1 N–H and O–H groups in total. The van der Waals surface area contributed by atoms with Gasteiger partial charge >= 0.3 is 7.12 Å². The van der Waals surface area contributed by atoms with Gasteiger partial charge in [0.15, 0.2) is 5.78 Å². The summed E-state index contributed by atoms with van der Waals surface area (Å²) in [4.78, 5) is 23.0. The van der Waals surface area contributed by atoms with Crippen LogP contribution in [0.5, 0.6) is 5.75 Å². The molecular formula is C14H17BO4. The highest BCUT2D eigenvalue weighted by atomic mass is 16.5. The Kier molecular flexibility index (Phi) is 4.05. The van der Waals surface area contributed by atoms with Crippen molar-refractivity contribution in [2.45, 2.75) is 38.9 Å². The van der Waals surface area contributed by atoms with Crippen LogP contribution < -0.4 is 4.65 Å². The molecule has 4 nitrogen and oxygen atoms in total. The second kappa shape index (κ2) is 5.57. The summed E-state index contributed by atoms with van der Waals surface area (Å²) >= 11 is 0. The van der Waals surface area contributed by atoms with E-state index < -0.39 is 7.12 Å². The molecule has 0 amide bonds. The van der Waals surface area contributed by atoms with Crippen LogP contribution >= 0.6 is 0 Å². The van der Waals surface area contributed by atoms with E-state index >= 15 is 0 Å². The minimum atomic E-state index is -1.02. The van der Waals surface area contributed by atoms with Crippen molar-refractivity contribution < 1.29 is 19.3 Å². The van der Waals surface area contributed by atoms with Gasteiger partial charge in [-0.2, -0.15) is 0 Å². The number of fused-ring (bicyclic) bond motifs is 1. The van der Waals surface area contributed by atoms with Crippen LogP contribution in [0.3, 0.4) is 0 Å². The van der Waals surface area contributed by atoms with Crippen molar-refractivity contribution >= 4 is 18.7 Å². The van der Waals surface area contributed by atoms with E-state index in [9.17, 15) is 14.6 Å². The lowest BCUT2D eigenvalue weighted by Crippen LogP contribution is -2.35. The zero-order valence-corrected chi connectivity index (χ0v) is 11.2. The summed E-state index contributed by atoms with van der Waals surface area (Å²) in [5.74, 6) is 0.246. The highest BCUT2D eigenvalue weighted by Gasteiger charge is 2.36. The fourth-order valence-electron chi connectivity index (χ4n) is 2.37. The highest BCUT2D eigenvalue weighted by molar-refractivity contribution is 6.47. The first-order valence-electron chi connectivity index (χ1n) is 6.52. The molecule has 1 unspecified atom stereocenters. The second-order valence-corrected chi connectivity index (χ2v) is 4.92. The maximum Gasteiger partial charge on any atom is 0.526 e. The fourth-order valence-corrected chi connectivity index (χ4v) is 2.37. The number of hydrogen-bond donors (Lipinski definition) is 1. The van der Waals surface area contributed by atoms with E-state index in [4.69, 9.17) is 4.65 Å². The molecule has 0 fully saturated rings. The summed E-state index contributed by atoms with van der Waals surface area (Å²) in [7, 11) is -1.02. The Hall–Kier alpha value is -1.62. The SMILES string of the molecule is CCC(=O)CC1Cc2cccc(C(C)=O)c2OB1O. The molecule has 0 saturated carbocycles. The van der Waals surface area contributed by atoms with Crippen molar-refractivity contribution in [1.82, 2.24) is 0 Å². The Morgan fingerprint density at radius 1 is 1.47 bits per heavy atom. The van der Waals surface area contributed by atoms with Crippen LogP contribution in [0.25, 0.3) is 0 Å². The quantitative estimate of drug-likeness (QED) is 0.664. The van der Waals surface area contributed by atoms with Gasteiger partial charge in [-0.25, -0.2) is 0 Å². The molecular weight excluding hydrogens is 243 g/mol. The van der Waals surface area contributed by atoms with Gasteiger partial charge in [-0.15, -0.1) is 0 Å². The topological polar surface area (TPSA) is 63.6 Å². The second-order valence-electron chi connectivity index (χ2n) is 4.92. The molecule has 0 saturated heterocycles.